The summed E-state index contributed by atoms with van der Waals surface area (Å²) in [6.07, 6.45) is 1.83. The zero-order valence-electron chi connectivity index (χ0n) is 10.6. The molecule has 102 valence electrons. The van der Waals surface area contributed by atoms with Gasteiger partial charge in [-0.2, -0.15) is 0 Å². The fraction of sp³-hybridized carbons (Fsp3) is 0.429. The quantitative estimate of drug-likeness (QED) is 0.785. The van der Waals surface area contributed by atoms with Crippen molar-refractivity contribution in [3.8, 4) is 0 Å². The Kier molecular flexibility index (Phi) is 4.58. The van der Waals surface area contributed by atoms with Gasteiger partial charge < -0.3 is 11.1 Å². The maximum Gasteiger partial charge on any atom is 0.223 e. The number of hydrogen-bond donors (Lipinski definition) is 2. The van der Waals surface area contributed by atoms with Crippen LogP contribution in [-0.4, -0.2) is 18.4 Å². The molecule has 0 spiro atoms. The first kappa shape index (κ1) is 14.1. The van der Waals surface area contributed by atoms with E-state index in [4.69, 9.17) is 5.73 Å². The van der Waals surface area contributed by atoms with E-state index in [0.717, 1.165) is 10.9 Å². The van der Waals surface area contributed by atoms with Gasteiger partial charge in [-0.05, 0) is 36.5 Å². The first-order valence-corrected chi connectivity index (χ1v) is 7.18. The monoisotopic (exact) mass is 324 g/mol. The van der Waals surface area contributed by atoms with Crippen molar-refractivity contribution in [2.24, 2.45) is 11.7 Å². The lowest BCUT2D eigenvalue weighted by Gasteiger charge is -2.04. The van der Waals surface area contributed by atoms with Gasteiger partial charge in [-0.15, -0.1) is 0 Å². The van der Waals surface area contributed by atoms with E-state index in [1.165, 1.54) is 5.56 Å². The van der Waals surface area contributed by atoms with Gasteiger partial charge in [-0.3, -0.25) is 9.59 Å². The van der Waals surface area contributed by atoms with Crippen molar-refractivity contribution in [3.63, 3.8) is 0 Å². The highest BCUT2D eigenvalue weighted by atomic mass is 79.9. The number of carbonyl (C=O) groups excluding carboxylic acids is 2. The highest BCUT2D eigenvalue weighted by Gasteiger charge is 2.43. The summed E-state index contributed by atoms with van der Waals surface area (Å²) in [5.41, 5.74) is 6.25. The molecule has 2 rings (SSSR count). The maximum atomic E-state index is 11.9. The Morgan fingerprint density at radius 2 is 2.00 bits per heavy atom. The summed E-state index contributed by atoms with van der Waals surface area (Å²) in [4.78, 5) is 22.4. The average Bonchev–Trinajstić information content (AvgIpc) is 3.15. The lowest BCUT2D eigenvalue weighted by atomic mass is 10.1. The third-order valence-corrected chi connectivity index (χ3v) is 3.85. The molecule has 1 aromatic rings. The Balaban J connectivity index is 1.74. The van der Waals surface area contributed by atoms with Gasteiger partial charge >= 0.3 is 0 Å². The van der Waals surface area contributed by atoms with Gasteiger partial charge in [0.25, 0.3) is 0 Å². The van der Waals surface area contributed by atoms with E-state index in [1.54, 1.807) is 0 Å². The van der Waals surface area contributed by atoms with E-state index in [9.17, 15) is 9.59 Å². The van der Waals surface area contributed by atoms with Crippen LogP contribution >= 0.6 is 15.9 Å². The predicted molar refractivity (Wildman–Crippen MR) is 76.4 cm³/mol. The van der Waals surface area contributed by atoms with Crippen molar-refractivity contribution in [2.45, 2.75) is 25.2 Å². The predicted octanol–water partition coefficient (Wildman–Crippen LogP) is 1.93. The Morgan fingerprint density at radius 1 is 1.32 bits per heavy atom. The van der Waals surface area contributed by atoms with Gasteiger partial charge in [-0.25, -0.2) is 0 Å². The summed E-state index contributed by atoms with van der Waals surface area (Å²) in [6.45, 7) is 0.519. The smallest absolute Gasteiger partial charge is 0.223 e. The first-order chi connectivity index (χ1) is 9.08. The van der Waals surface area contributed by atoms with E-state index in [0.29, 0.717) is 25.3 Å². The molecule has 5 heteroatoms. The fourth-order valence-corrected chi connectivity index (χ4v) is 2.43. The number of primary amides is 1. The molecule has 0 aliphatic heterocycles. The Morgan fingerprint density at radius 3 is 2.63 bits per heavy atom. The highest BCUT2D eigenvalue weighted by Crippen LogP contribution is 2.47. The topological polar surface area (TPSA) is 72.2 Å². The van der Waals surface area contributed by atoms with Crippen molar-refractivity contribution in [2.75, 3.05) is 6.54 Å². The molecule has 3 N–H and O–H groups in total. The van der Waals surface area contributed by atoms with Crippen molar-refractivity contribution < 1.29 is 9.59 Å². The third-order valence-electron chi connectivity index (χ3n) is 3.32. The van der Waals surface area contributed by atoms with Crippen LogP contribution in [0.5, 0.6) is 0 Å². The maximum absolute atomic E-state index is 11.9. The van der Waals surface area contributed by atoms with Crippen LogP contribution < -0.4 is 11.1 Å². The van der Waals surface area contributed by atoms with Crippen LogP contribution in [-0.2, 0) is 9.59 Å². The summed E-state index contributed by atoms with van der Waals surface area (Å²) >= 11 is 3.40. The molecule has 0 radical (unpaired) electrons. The van der Waals surface area contributed by atoms with Crippen molar-refractivity contribution in [3.05, 3.63) is 34.3 Å². The molecule has 1 aromatic carbocycles. The molecule has 1 aliphatic rings. The molecule has 2 atom stereocenters. The van der Waals surface area contributed by atoms with Crippen molar-refractivity contribution >= 4 is 27.7 Å². The molecule has 1 fully saturated rings. The third kappa shape index (κ3) is 4.06. The second-order valence-electron chi connectivity index (χ2n) is 4.86. The first-order valence-electron chi connectivity index (χ1n) is 6.39. The number of nitrogens with one attached hydrogen (secondary N) is 1. The van der Waals surface area contributed by atoms with Gasteiger partial charge in [0.1, 0.15) is 0 Å². The van der Waals surface area contributed by atoms with E-state index in [2.05, 4.69) is 33.4 Å². The minimum absolute atomic E-state index is 0.0785. The minimum atomic E-state index is -0.326. The van der Waals surface area contributed by atoms with Crippen LogP contribution in [0.25, 0.3) is 0 Å². The lowest BCUT2D eigenvalue weighted by molar-refractivity contribution is -0.123. The van der Waals surface area contributed by atoms with Crippen LogP contribution in [0.3, 0.4) is 0 Å². The zero-order chi connectivity index (χ0) is 13.8. The minimum Gasteiger partial charge on any atom is -0.370 e. The van der Waals surface area contributed by atoms with Crippen molar-refractivity contribution in [1.82, 2.24) is 5.32 Å². The molecule has 0 bridgehead atoms. The molecule has 1 saturated carbocycles. The van der Waals surface area contributed by atoms with Gasteiger partial charge in [0.15, 0.2) is 0 Å². The Bertz CT molecular complexity index is 473. The summed E-state index contributed by atoms with van der Waals surface area (Å²) in [5.74, 6) is 0.171. The number of hydrogen-bond acceptors (Lipinski definition) is 2. The molecule has 2 unspecified atom stereocenters. The average molecular weight is 325 g/mol. The molecule has 0 saturated heterocycles. The van der Waals surface area contributed by atoms with Gasteiger partial charge in [-0.1, -0.05) is 28.1 Å². The molecule has 2 amide bonds. The molecule has 0 heterocycles. The molecule has 4 nitrogen and oxygen atoms in total. The van der Waals surface area contributed by atoms with Crippen molar-refractivity contribution in [1.29, 1.82) is 0 Å². The molecule has 1 aliphatic carbocycles. The number of halogens is 1. The summed E-state index contributed by atoms with van der Waals surface area (Å²) < 4.78 is 1.05. The van der Waals surface area contributed by atoms with Crippen LogP contribution in [0.2, 0.25) is 0 Å². The Labute approximate surface area is 120 Å². The normalized spacial score (nSPS) is 20.9. The summed E-state index contributed by atoms with van der Waals surface area (Å²) in [6, 6.07) is 8.09. The lowest BCUT2D eigenvalue weighted by Crippen LogP contribution is -2.27. The number of benzene rings is 1. The fourth-order valence-electron chi connectivity index (χ4n) is 2.17. The SMILES string of the molecule is NC(=O)CCCNC(=O)C1CC1c1ccc(Br)cc1. The largest absolute Gasteiger partial charge is 0.370 e. The number of amides is 2. The van der Waals surface area contributed by atoms with E-state index in [-0.39, 0.29) is 17.7 Å². The van der Waals surface area contributed by atoms with E-state index < -0.39 is 0 Å². The molecule has 0 aromatic heterocycles. The second-order valence-corrected chi connectivity index (χ2v) is 5.78. The second kappa shape index (κ2) is 6.19. The van der Waals surface area contributed by atoms with E-state index >= 15 is 0 Å². The highest BCUT2D eigenvalue weighted by molar-refractivity contribution is 9.10. The molecular formula is C14H17BrN2O2. The zero-order valence-corrected chi connectivity index (χ0v) is 12.2. The summed E-state index contributed by atoms with van der Waals surface area (Å²) in [7, 11) is 0. The number of carbonyl (C=O) groups is 2. The van der Waals surface area contributed by atoms with Gasteiger partial charge in [0.2, 0.25) is 11.8 Å². The number of nitrogens with two attached hydrogens (primary N) is 1. The number of rotatable bonds is 6. The van der Waals surface area contributed by atoms with Gasteiger partial charge in [0.05, 0.1) is 0 Å². The van der Waals surface area contributed by atoms with Gasteiger partial charge in [0, 0.05) is 23.4 Å². The van der Waals surface area contributed by atoms with E-state index in [1.807, 2.05) is 12.1 Å². The van der Waals surface area contributed by atoms with Crippen LogP contribution in [0.15, 0.2) is 28.7 Å². The molecular weight excluding hydrogens is 308 g/mol. The Hall–Kier alpha value is -1.36. The van der Waals surface area contributed by atoms with Crippen LogP contribution in [0.4, 0.5) is 0 Å². The van der Waals surface area contributed by atoms with Crippen LogP contribution in [0.1, 0.15) is 30.7 Å². The van der Waals surface area contributed by atoms with Crippen LogP contribution in [0, 0.1) is 5.92 Å². The summed E-state index contributed by atoms with van der Waals surface area (Å²) in [5, 5.41) is 2.86. The molecule has 19 heavy (non-hydrogen) atoms. The standard InChI is InChI=1S/C14H17BrN2O2/c15-10-5-3-9(4-6-10)11-8-12(11)14(19)17-7-1-2-13(16)18/h3-6,11-12H,1-2,7-8H2,(H2,16,18)(H,17,19).